The lowest BCUT2D eigenvalue weighted by atomic mass is 10.1. The predicted molar refractivity (Wildman–Crippen MR) is 141 cm³/mol. The molecule has 3 aromatic rings. The maximum absolute atomic E-state index is 12.6. The Bertz CT molecular complexity index is 1230. The third-order valence-corrected chi connectivity index (χ3v) is 5.97. The zero-order chi connectivity index (χ0) is 25.8. The summed E-state index contributed by atoms with van der Waals surface area (Å²) in [4.78, 5) is 12.6. The number of hydrogen-bond donors (Lipinski definition) is 1. The molecule has 36 heavy (non-hydrogen) atoms. The van der Waals surface area contributed by atoms with Gasteiger partial charge in [0.1, 0.15) is 35.6 Å². The van der Waals surface area contributed by atoms with Gasteiger partial charge in [-0.3, -0.25) is 10.1 Å². The molecule has 0 atom stereocenters. The second-order valence-electron chi connectivity index (χ2n) is 7.83. The number of benzene rings is 2. The maximum atomic E-state index is 12.6. The number of unbranched alkanes of at least 4 members (excludes halogenated alkanes) is 1. The molecule has 0 unspecified atom stereocenters. The van der Waals surface area contributed by atoms with E-state index in [0.717, 1.165) is 35.6 Å². The first-order chi connectivity index (χ1) is 17.5. The molecule has 0 aliphatic rings. The van der Waals surface area contributed by atoms with Crippen LogP contribution in [0.2, 0.25) is 0 Å². The highest BCUT2D eigenvalue weighted by atomic mass is 32.1. The van der Waals surface area contributed by atoms with E-state index in [1.165, 1.54) is 17.4 Å². The Balaban J connectivity index is 1.64. The lowest BCUT2D eigenvalue weighted by Gasteiger charge is -2.14. The summed E-state index contributed by atoms with van der Waals surface area (Å²) >= 11 is 1.32. The normalized spacial score (nSPS) is 11.0. The van der Waals surface area contributed by atoms with Crippen molar-refractivity contribution < 1.29 is 19.0 Å². The first-order valence-corrected chi connectivity index (χ1v) is 12.7. The van der Waals surface area contributed by atoms with Gasteiger partial charge in [0.2, 0.25) is 5.13 Å². The highest BCUT2D eigenvalue weighted by Gasteiger charge is 2.14. The second-order valence-corrected chi connectivity index (χ2v) is 8.89. The van der Waals surface area contributed by atoms with Gasteiger partial charge in [-0.1, -0.05) is 48.9 Å². The van der Waals surface area contributed by atoms with Gasteiger partial charge in [0.05, 0.1) is 6.61 Å². The minimum Gasteiger partial charge on any atom is -0.490 e. The summed E-state index contributed by atoms with van der Waals surface area (Å²) in [6.07, 6.45) is 4.38. The SMILES string of the molecule is CCCCc1nnc(NC(=O)C(C#N)=Cc2ccc(OCCOc3ccccc3C)c(OCC)c2)s1. The molecule has 3 rings (SSSR count). The first-order valence-electron chi connectivity index (χ1n) is 11.9. The Morgan fingerprint density at radius 3 is 2.56 bits per heavy atom. The van der Waals surface area contributed by atoms with Crippen molar-refractivity contribution in [3.8, 4) is 23.3 Å². The van der Waals surface area contributed by atoms with Gasteiger partial charge in [-0.15, -0.1) is 10.2 Å². The van der Waals surface area contributed by atoms with E-state index in [-0.39, 0.29) is 5.57 Å². The van der Waals surface area contributed by atoms with Crippen LogP contribution in [0.3, 0.4) is 0 Å². The molecule has 0 radical (unpaired) electrons. The number of carbonyl (C=O) groups excluding carboxylic acids is 1. The Hall–Kier alpha value is -3.90. The number of aromatic nitrogens is 2. The minimum absolute atomic E-state index is 0.0527. The minimum atomic E-state index is -0.540. The summed E-state index contributed by atoms with van der Waals surface area (Å²) in [6.45, 7) is 7.11. The topological polar surface area (TPSA) is 106 Å². The zero-order valence-corrected chi connectivity index (χ0v) is 21.6. The number of nitrogens with zero attached hydrogens (tertiary/aromatic N) is 3. The van der Waals surface area contributed by atoms with E-state index in [9.17, 15) is 10.1 Å². The van der Waals surface area contributed by atoms with E-state index >= 15 is 0 Å². The number of ether oxygens (including phenoxy) is 3. The summed E-state index contributed by atoms with van der Waals surface area (Å²) in [5, 5.41) is 21.5. The molecule has 0 aliphatic heterocycles. The molecule has 9 heteroatoms. The van der Waals surface area contributed by atoms with Crippen LogP contribution in [0.15, 0.2) is 48.0 Å². The molecule has 2 aromatic carbocycles. The summed E-state index contributed by atoms with van der Waals surface area (Å²) in [6, 6.07) is 15.0. The zero-order valence-electron chi connectivity index (χ0n) is 20.7. The van der Waals surface area contributed by atoms with E-state index in [1.807, 2.05) is 44.2 Å². The Morgan fingerprint density at radius 1 is 1.06 bits per heavy atom. The molecule has 1 N–H and O–H groups in total. The number of anilines is 1. The molecule has 0 saturated heterocycles. The van der Waals surface area contributed by atoms with Crippen molar-refractivity contribution in [1.82, 2.24) is 10.2 Å². The van der Waals surface area contributed by atoms with Gasteiger partial charge < -0.3 is 14.2 Å². The molecular weight excluding hydrogens is 476 g/mol. The van der Waals surface area contributed by atoms with Crippen LogP contribution in [0.4, 0.5) is 5.13 Å². The van der Waals surface area contributed by atoms with Crippen molar-refractivity contribution in [3.63, 3.8) is 0 Å². The van der Waals surface area contributed by atoms with Crippen molar-refractivity contribution in [2.45, 2.75) is 40.0 Å². The van der Waals surface area contributed by atoms with Crippen LogP contribution in [0, 0.1) is 18.3 Å². The van der Waals surface area contributed by atoms with Gasteiger partial charge in [0.15, 0.2) is 11.5 Å². The molecule has 0 aliphatic carbocycles. The van der Waals surface area contributed by atoms with Crippen molar-refractivity contribution >= 4 is 28.5 Å². The molecule has 0 spiro atoms. The number of amides is 1. The third kappa shape index (κ3) is 7.82. The standard InChI is InChI=1S/C27H30N4O4S/c1-4-6-11-25-30-31-27(36-25)29-26(32)21(18-28)16-20-12-13-23(24(17-20)33-5-2)35-15-14-34-22-10-8-7-9-19(22)3/h7-10,12-13,16-17H,4-6,11,14-15H2,1-3H3,(H,29,31,32). The van der Waals surface area contributed by atoms with E-state index in [4.69, 9.17) is 14.2 Å². The Labute approximate surface area is 215 Å². The van der Waals surface area contributed by atoms with Crippen LogP contribution >= 0.6 is 11.3 Å². The predicted octanol–water partition coefficient (Wildman–Crippen LogP) is 5.59. The highest BCUT2D eigenvalue weighted by molar-refractivity contribution is 7.15. The van der Waals surface area contributed by atoms with E-state index < -0.39 is 5.91 Å². The quantitative estimate of drug-likeness (QED) is 0.183. The van der Waals surface area contributed by atoms with Crippen LogP contribution in [0.5, 0.6) is 17.2 Å². The average molecular weight is 507 g/mol. The summed E-state index contributed by atoms with van der Waals surface area (Å²) in [5.74, 6) is 1.35. The van der Waals surface area contributed by atoms with Crippen LogP contribution in [-0.2, 0) is 11.2 Å². The lowest BCUT2D eigenvalue weighted by molar-refractivity contribution is -0.112. The summed E-state index contributed by atoms with van der Waals surface area (Å²) in [7, 11) is 0. The van der Waals surface area contributed by atoms with Gasteiger partial charge in [0, 0.05) is 6.42 Å². The van der Waals surface area contributed by atoms with Gasteiger partial charge in [-0.05, 0) is 55.7 Å². The largest absolute Gasteiger partial charge is 0.490 e. The van der Waals surface area contributed by atoms with Crippen LogP contribution < -0.4 is 19.5 Å². The fourth-order valence-corrected chi connectivity index (χ4v) is 4.01. The number of carbonyl (C=O) groups is 1. The van der Waals surface area contributed by atoms with Crippen molar-refractivity contribution in [2.24, 2.45) is 0 Å². The fraction of sp³-hybridized carbons (Fsp3) is 0.333. The van der Waals surface area contributed by atoms with E-state index in [1.54, 1.807) is 18.2 Å². The Morgan fingerprint density at radius 2 is 1.83 bits per heavy atom. The fourth-order valence-electron chi connectivity index (χ4n) is 3.24. The van der Waals surface area contributed by atoms with Gasteiger partial charge in [-0.25, -0.2) is 0 Å². The number of nitriles is 1. The second kappa shape index (κ2) is 13.9. The Kier molecular flexibility index (Phi) is 10.3. The molecule has 1 aromatic heterocycles. The lowest BCUT2D eigenvalue weighted by Crippen LogP contribution is -2.13. The number of aryl methyl sites for hydroxylation is 2. The van der Waals surface area contributed by atoms with Crippen LogP contribution in [-0.4, -0.2) is 35.9 Å². The summed E-state index contributed by atoms with van der Waals surface area (Å²) < 4.78 is 17.4. The monoisotopic (exact) mass is 506 g/mol. The highest BCUT2D eigenvalue weighted by Crippen LogP contribution is 2.30. The van der Waals surface area contributed by atoms with Gasteiger partial charge in [-0.2, -0.15) is 5.26 Å². The molecule has 0 saturated carbocycles. The van der Waals surface area contributed by atoms with Gasteiger partial charge in [0.25, 0.3) is 5.91 Å². The van der Waals surface area contributed by atoms with Crippen molar-refractivity contribution in [3.05, 3.63) is 64.2 Å². The number of para-hydroxylation sites is 1. The molecule has 1 heterocycles. The van der Waals surface area contributed by atoms with Crippen molar-refractivity contribution in [1.29, 1.82) is 5.26 Å². The smallest absolute Gasteiger partial charge is 0.268 e. The third-order valence-electron chi connectivity index (χ3n) is 5.07. The first kappa shape index (κ1) is 26.7. The average Bonchev–Trinajstić information content (AvgIpc) is 3.33. The van der Waals surface area contributed by atoms with E-state index in [0.29, 0.717) is 42.0 Å². The molecule has 8 nitrogen and oxygen atoms in total. The molecule has 0 bridgehead atoms. The molecule has 1 amide bonds. The number of nitrogens with one attached hydrogen (secondary N) is 1. The number of hydrogen-bond acceptors (Lipinski definition) is 8. The van der Waals surface area contributed by atoms with Crippen molar-refractivity contribution in [2.75, 3.05) is 25.1 Å². The van der Waals surface area contributed by atoms with Gasteiger partial charge >= 0.3 is 0 Å². The molecular formula is C27H30N4O4S. The maximum Gasteiger partial charge on any atom is 0.268 e. The molecule has 188 valence electrons. The van der Waals surface area contributed by atoms with E-state index in [2.05, 4.69) is 22.4 Å². The molecule has 0 fully saturated rings. The summed E-state index contributed by atoms with van der Waals surface area (Å²) in [5.41, 5.74) is 1.64. The van der Waals surface area contributed by atoms with Crippen LogP contribution in [0.25, 0.3) is 6.08 Å². The number of rotatable bonds is 13. The van der Waals surface area contributed by atoms with Crippen LogP contribution in [0.1, 0.15) is 42.8 Å².